The smallest absolute Gasteiger partial charge is 0.354 e. The van der Waals surface area contributed by atoms with Gasteiger partial charge in [0.25, 0.3) is 12.1 Å². The van der Waals surface area contributed by atoms with Gasteiger partial charge in [0.1, 0.15) is 5.69 Å². The highest BCUT2D eigenvalue weighted by molar-refractivity contribution is 5.86. The van der Waals surface area contributed by atoms with Crippen molar-refractivity contribution in [3.05, 3.63) is 33.1 Å². The number of aryl methyl sites for hydroxylation is 1. The molecule has 86 valence electrons. The number of hydrogen-bond donors (Lipinski definition) is 1. The van der Waals surface area contributed by atoms with Gasteiger partial charge in [0.2, 0.25) is 0 Å². The number of halogens is 2. The van der Waals surface area contributed by atoms with Crippen LogP contribution in [0, 0.1) is 17.0 Å². The highest BCUT2D eigenvalue weighted by Crippen LogP contribution is 2.30. The summed E-state index contributed by atoms with van der Waals surface area (Å²) in [7, 11) is 0. The van der Waals surface area contributed by atoms with Crippen LogP contribution < -0.4 is 0 Å². The largest absolute Gasteiger partial charge is 0.477 e. The SMILES string of the molecule is Cc1cc(C(=O)O)nc(C(F)F)c1[N+](=O)[O-]. The van der Waals surface area contributed by atoms with Crippen molar-refractivity contribution < 1.29 is 23.6 Å². The maximum Gasteiger partial charge on any atom is 0.354 e. The van der Waals surface area contributed by atoms with E-state index in [2.05, 4.69) is 4.98 Å². The predicted octanol–water partition coefficient (Wildman–Crippen LogP) is 1.93. The lowest BCUT2D eigenvalue weighted by atomic mass is 10.1. The first-order chi connectivity index (χ1) is 7.34. The fourth-order valence-corrected chi connectivity index (χ4v) is 1.19. The Morgan fingerprint density at radius 3 is 2.56 bits per heavy atom. The summed E-state index contributed by atoms with van der Waals surface area (Å²) in [6, 6.07) is 0.881. The summed E-state index contributed by atoms with van der Waals surface area (Å²) in [4.78, 5) is 23.1. The Hall–Kier alpha value is -2.12. The Balaban J connectivity index is 3.51. The summed E-state index contributed by atoms with van der Waals surface area (Å²) in [5.41, 5.74) is -2.77. The standard InChI is InChI=1S/C8H6F2N2O4/c1-3-2-4(8(13)14)11-5(7(9)10)6(3)12(15)16/h2,7H,1H3,(H,13,14). The molecule has 0 bridgehead atoms. The summed E-state index contributed by atoms with van der Waals surface area (Å²) in [6.07, 6.45) is -3.20. The molecule has 1 rings (SSSR count). The van der Waals surface area contributed by atoms with Crippen LogP contribution >= 0.6 is 0 Å². The minimum atomic E-state index is -3.20. The van der Waals surface area contributed by atoms with Crippen molar-refractivity contribution in [2.24, 2.45) is 0 Å². The third-order valence-electron chi connectivity index (χ3n) is 1.82. The van der Waals surface area contributed by atoms with Gasteiger partial charge >= 0.3 is 5.97 Å². The molecule has 1 N–H and O–H groups in total. The first-order valence-corrected chi connectivity index (χ1v) is 4.02. The topological polar surface area (TPSA) is 93.3 Å². The zero-order valence-electron chi connectivity index (χ0n) is 7.98. The van der Waals surface area contributed by atoms with Gasteiger partial charge in [0, 0.05) is 5.56 Å². The summed E-state index contributed by atoms with van der Waals surface area (Å²) in [5.74, 6) is -1.51. The van der Waals surface area contributed by atoms with Crippen molar-refractivity contribution in [2.75, 3.05) is 0 Å². The molecule has 0 aliphatic rings. The number of hydrogen-bond acceptors (Lipinski definition) is 4. The predicted molar refractivity (Wildman–Crippen MR) is 47.5 cm³/mol. The fourth-order valence-electron chi connectivity index (χ4n) is 1.19. The van der Waals surface area contributed by atoms with E-state index in [1.807, 2.05) is 0 Å². The van der Waals surface area contributed by atoms with Crippen molar-refractivity contribution in [1.82, 2.24) is 4.98 Å². The molecule has 0 aliphatic heterocycles. The quantitative estimate of drug-likeness (QED) is 0.634. The van der Waals surface area contributed by atoms with Gasteiger partial charge in [-0.05, 0) is 13.0 Å². The monoisotopic (exact) mass is 232 g/mol. The van der Waals surface area contributed by atoms with E-state index in [1.165, 1.54) is 6.92 Å². The molecule has 0 saturated heterocycles. The van der Waals surface area contributed by atoms with Gasteiger partial charge in [-0.3, -0.25) is 10.1 Å². The lowest BCUT2D eigenvalue weighted by Crippen LogP contribution is -2.08. The van der Waals surface area contributed by atoms with E-state index in [9.17, 15) is 23.7 Å². The number of carboxylic acid groups (broad SMARTS) is 1. The van der Waals surface area contributed by atoms with Crippen LogP contribution in [0.25, 0.3) is 0 Å². The Morgan fingerprint density at radius 2 is 2.19 bits per heavy atom. The number of nitro groups is 1. The number of carboxylic acids is 1. The molecule has 0 atom stereocenters. The van der Waals surface area contributed by atoms with Crippen LogP contribution in [-0.4, -0.2) is 21.0 Å². The van der Waals surface area contributed by atoms with Crippen molar-refractivity contribution in [3.63, 3.8) is 0 Å². The Kier molecular flexibility index (Phi) is 3.11. The zero-order valence-corrected chi connectivity index (χ0v) is 7.98. The number of nitrogens with zero attached hydrogens (tertiary/aromatic N) is 2. The van der Waals surface area contributed by atoms with Gasteiger partial charge in [-0.25, -0.2) is 18.6 Å². The van der Waals surface area contributed by atoms with Crippen LogP contribution in [0.3, 0.4) is 0 Å². The third kappa shape index (κ3) is 2.10. The molecule has 0 aromatic carbocycles. The number of alkyl halides is 2. The molecular weight excluding hydrogens is 226 g/mol. The highest BCUT2D eigenvalue weighted by Gasteiger charge is 2.28. The first kappa shape index (κ1) is 12.0. The second-order valence-electron chi connectivity index (χ2n) is 2.92. The van der Waals surface area contributed by atoms with Gasteiger partial charge < -0.3 is 5.11 Å². The average Bonchev–Trinajstić information content (AvgIpc) is 2.15. The minimum absolute atomic E-state index is 0.160. The van der Waals surface area contributed by atoms with Crippen molar-refractivity contribution >= 4 is 11.7 Å². The lowest BCUT2D eigenvalue weighted by Gasteiger charge is -2.05. The molecule has 0 amide bonds. The molecule has 16 heavy (non-hydrogen) atoms. The summed E-state index contributed by atoms with van der Waals surface area (Å²) in [6.45, 7) is 1.18. The Labute approximate surface area is 87.7 Å². The second-order valence-corrected chi connectivity index (χ2v) is 2.92. The molecule has 0 unspecified atom stereocenters. The van der Waals surface area contributed by atoms with Gasteiger partial charge in [0.15, 0.2) is 5.69 Å². The molecule has 6 nitrogen and oxygen atoms in total. The first-order valence-electron chi connectivity index (χ1n) is 4.02. The van der Waals surface area contributed by atoms with E-state index in [1.54, 1.807) is 0 Å². The minimum Gasteiger partial charge on any atom is -0.477 e. The Morgan fingerprint density at radius 1 is 1.62 bits per heavy atom. The molecule has 1 aromatic rings. The van der Waals surface area contributed by atoms with E-state index >= 15 is 0 Å². The summed E-state index contributed by atoms with van der Waals surface area (Å²) < 4.78 is 24.9. The number of aromatic carboxylic acids is 1. The molecule has 8 heteroatoms. The van der Waals surface area contributed by atoms with Crippen LogP contribution in [0.2, 0.25) is 0 Å². The van der Waals surface area contributed by atoms with Crippen LogP contribution in [0.1, 0.15) is 28.2 Å². The molecule has 0 aliphatic carbocycles. The third-order valence-corrected chi connectivity index (χ3v) is 1.82. The van der Waals surface area contributed by atoms with Crippen LogP contribution in [-0.2, 0) is 0 Å². The van der Waals surface area contributed by atoms with E-state index in [-0.39, 0.29) is 5.56 Å². The van der Waals surface area contributed by atoms with Gasteiger partial charge in [-0.15, -0.1) is 0 Å². The van der Waals surface area contributed by atoms with E-state index < -0.39 is 34.4 Å². The van der Waals surface area contributed by atoms with Crippen LogP contribution in [0.4, 0.5) is 14.5 Å². The van der Waals surface area contributed by atoms with Gasteiger partial charge in [-0.1, -0.05) is 0 Å². The van der Waals surface area contributed by atoms with Crippen molar-refractivity contribution in [1.29, 1.82) is 0 Å². The molecule has 1 heterocycles. The molecule has 1 aromatic heterocycles. The van der Waals surface area contributed by atoms with Crippen LogP contribution in [0.5, 0.6) is 0 Å². The van der Waals surface area contributed by atoms with E-state index in [0.717, 1.165) is 6.07 Å². The summed E-state index contributed by atoms with van der Waals surface area (Å²) in [5, 5.41) is 19.1. The van der Waals surface area contributed by atoms with Gasteiger partial charge in [-0.2, -0.15) is 0 Å². The summed E-state index contributed by atoms with van der Waals surface area (Å²) >= 11 is 0. The normalized spacial score (nSPS) is 10.5. The van der Waals surface area contributed by atoms with E-state index in [0.29, 0.717) is 0 Å². The zero-order chi connectivity index (χ0) is 12.5. The van der Waals surface area contributed by atoms with Crippen molar-refractivity contribution in [2.45, 2.75) is 13.3 Å². The van der Waals surface area contributed by atoms with Gasteiger partial charge in [0.05, 0.1) is 4.92 Å². The number of pyridine rings is 1. The highest BCUT2D eigenvalue weighted by atomic mass is 19.3. The maximum absolute atomic E-state index is 12.5. The number of aromatic nitrogens is 1. The molecule has 0 saturated carbocycles. The maximum atomic E-state index is 12.5. The average molecular weight is 232 g/mol. The number of rotatable bonds is 3. The second kappa shape index (κ2) is 4.17. The van der Waals surface area contributed by atoms with Crippen molar-refractivity contribution in [3.8, 4) is 0 Å². The number of carbonyl (C=O) groups is 1. The van der Waals surface area contributed by atoms with Crippen LogP contribution in [0.15, 0.2) is 6.07 Å². The van der Waals surface area contributed by atoms with E-state index in [4.69, 9.17) is 5.11 Å². The molecule has 0 spiro atoms. The Bertz CT molecular complexity index is 462. The molecule has 0 radical (unpaired) electrons. The lowest BCUT2D eigenvalue weighted by molar-refractivity contribution is -0.387. The molecule has 0 fully saturated rings. The molecular formula is C8H6F2N2O4. The fraction of sp³-hybridized carbons (Fsp3) is 0.250.